The summed E-state index contributed by atoms with van der Waals surface area (Å²) in [6.45, 7) is -0.0225. The highest BCUT2D eigenvalue weighted by molar-refractivity contribution is 5.94. The van der Waals surface area contributed by atoms with Crippen LogP contribution >= 0.6 is 0 Å². The van der Waals surface area contributed by atoms with Crippen molar-refractivity contribution in [3.8, 4) is 0 Å². The Kier molecular flexibility index (Phi) is 16.2. The van der Waals surface area contributed by atoms with Crippen molar-refractivity contribution in [1.82, 2.24) is 16.0 Å². The molecule has 0 aliphatic carbocycles. The average Bonchev–Trinajstić information content (AvgIpc) is 2.78. The molecule has 0 rings (SSSR count). The molecule has 0 fully saturated rings. The summed E-state index contributed by atoms with van der Waals surface area (Å²) in [7, 11) is 0. The van der Waals surface area contributed by atoms with Crippen LogP contribution in [0.5, 0.6) is 0 Å². The third kappa shape index (κ3) is 13.0. The van der Waals surface area contributed by atoms with E-state index in [4.69, 9.17) is 22.3 Å². The highest BCUT2D eigenvalue weighted by atomic mass is 16.4. The van der Waals surface area contributed by atoms with Crippen LogP contribution in [0, 0.1) is 0 Å². The zero-order valence-electron chi connectivity index (χ0n) is 19.2. The molecule has 0 heterocycles. The van der Waals surface area contributed by atoms with E-state index in [-0.39, 0.29) is 12.8 Å². The molecule has 0 bridgehead atoms. The zero-order chi connectivity index (χ0) is 26.1. The Bertz CT molecular complexity index is 677. The second-order valence-electron chi connectivity index (χ2n) is 7.81. The van der Waals surface area contributed by atoms with Gasteiger partial charge in [-0.2, -0.15) is 0 Å². The van der Waals surface area contributed by atoms with E-state index in [1.54, 1.807) is 0 Å². The molecule has 0 radical (unpaired) electrons. The molecule has 3 amide bonds. The highest BCUT2D eigenvalue weighted by Gasteiger charge is 2.30. The number of carbonyl (C=O) groups excluding carboxylic acids is 3. The minimum absolute atomic E-state index is 0.0925. The number of nitrogens with two attached hydrogens (primary N) is 3. The molecular formula is C20H38N6O8. The van der Waals surface area contributed by atoms with Crippen LogP contribution in [0.4, 0.5) is 0 Å². The van der Waals surface area contributed by atoms with Gasteiger partial charge < -0.3 is 48.5 Å². The molecule has 0 aliphatic rings. The van der Waals surface area contributed by atoms with Crippen LogP contribution in [0.25, 0.3) is 0 Å². The van der Waals surface area contributed by atoms with Gasteiger partial charge in [-0.05, 0) is 51.6 Å². The van der Waals surface area contributed by atoms with Gasteiger partial charge in [-0.1, -0.05) is 6.42 Å². The van der Waals surface area contributed by atoms with Crippen molar-refractivity contribution in [2.45, 2.75) is 75.5 Å². The summed E-state index contributed by atoms with van der Waals surface area (Å²) >= 11 is 0. The third-order valence-electron chi connectivity index (χ3n) is 4.96. The van der Waals surface area contributed by atoms with Crippen molar-refractivity contribution < 1.29 is 39.3 Å². The van der Waals surface area contributed by atoms with E-state index in [2.05, 4.69) is 16.0 Å². The molecule has 0 aromatic rings. The predicted octanol–water partition coefficient (Wildman–Crippen LogP) is -3.03. The standard InChI is InChI=1S/C20H38N6O8/c21-9-3-1-5-12(23)17(30)26-15(11-27)19(32)24-13(7-8-16(28)29)18(31)25-14(20(33)34)6-2-4-10-22/h12-15,27H,1-11,21-23H2,(H,24,32)(H,25,31)(H,26,30)(H,28,29)(H,33,34). The summed E-state index contributed by atoms with van der Waals surface area (Å²) in [4.78, 5) is 59.8. The van der Waals surface area contributed by atoms with Crippen LogP contribution in [0.15, 0.2) is 0 Å². The maximum Gasteiger partial charge on any atom is 0.326 e. The number of hydrogen-bond acceptors (Lipinski definition) is 9. The van der Waals surface area contributed by atoms with Gasteiger partial charge in [0.05, 0.1) is 12.6 Å². The van der Waals surface area contributed by atoms with Gasteiger partial charge in [0.1, 0.15) is 18.1 Å². The van der Waals surface area contributed by atoms with Crippen LogP contribution in [-0.4, -0.2) is 88.8 Å². The first-order chi connectivity index (χ1) is 16.1. The number of rotatable bonds is 19. The lowest BCUT2D eigenvalue weighted by molar-refractivity contribution is -0.143. The molecule has 0 saturated carbocycles. The monoisotopic (exact) mass is 490 g/mol. The fourth-order valence-corrected chi connectivity index (χ4v) is 2.94. The summed E-state index contributed by atoms with van der Waals surface area (Å²) in [5.41, 5.74) is 16.5. The van der Waals surface area contributed by atoms with Gasteiger partial charge in [-0.3, -0.25) is 19.2 Å². The summed E-state index contributed by atoms with van der Waals surface area (Å²) in [5.74, 6) is -5.08. The lowest BCUT2D eigenvalue weighted by Crippen LogP contribution is -2.58. The SMILES string of the molecule is NCCCCC(N)C(=O)NC(CO)C(=O)NC(CCC(=O)O)C(=O)NC(CCCCN)C(=O)O. The Morgan fingerprint density at radius 3 is 1.68 bits per heavy atom. The van der Waals surface area contributed by atoms with Gasteiger partial charge >= 0.3 is 11.9 Å². The first-order valence-electron chi connectivity index (χ1n) is 11.2. The zero-order valence-corrected chi connectivity index (χ0v) is 19.2. The molecule has 12 N–H and O–H groups in total. The summed E-state index contributed by atoms with van der Waals surface area (Å²) in [6.07, 6.45) is 1.80. The Labute approximate surface area is 198 Å². The van der Waals surface area contributed by atoms with Crippen molar-refractivity contribution in [1.29, 1.82) is 0 Å². The number of carboxylic acids is 2. The number of aliphatic hydroxyl groups is 1. The molecule has 34 heavy (non-hydrogen) atoms. The van der Waals surface area contributed by atoms with Crippen molar-refractivity contribution in [2.24, 2.45) is 17.2 Å². The lowest BCUT2D eigenvalue weighted by atomic mass is 10.1. The minimum Gasteiger partial charge on any atom is -0.481 e. The maximum absolute atomic E-state index is 12.6. The molecule has 0 aliphatic heterocycles. The highest BCUT2D eigenvalue weighted by Crippen LogP contribution is 2.05. The van der Waals surface area contributed by atoms with Crippen LogP contribution in [-0.2, 0) is 24.0 Å². The average molecular weight is 491 g/mol. The Morgan fingerprint density at radius 1 is 0.676 bits per heavy atom. The number of aliphatic carboxylic acids is 2. The van der Waals surface area contributed by atoms with Gasteiger partial charge in [-0.15, -0.1) is 0 Å². The molecule has 196 valence electrons. The van der Waals surface area contributed by atoms with Gasteiger partial charge in [0, 0.05) is 6.42 Å². The summed E-state index contributed by atoms with van der Waals surface area (Å²) in [5, 5.41) is 34.7. The Balaban J connectivity index is 5.22. The first-order valence-corrected chi connectivity index (χ1v) is 11.2. The second-order valence-corrected chi connectivity index (χ2v) is 7.81. The van der Waals surface area contributed by atoms with Crippen LogP contribution < -0.4 is 33.2 Å². The molecule has 14 heteroatoms. The number of amides is 3. The number of carbonyl (C=O) groups is 5. The number of carboxylic acid groups (broad SMARTS) is 2. The van der Waals surface area contributed by atoms with Gasteiger partial charge in [0.25, 0.3) is 0 Å². The number of hydrogen-bond donors (Lipinski definition) is 9. The van der Waals surface area contributed by atoms with E-state index in [1.807, 2.05) is 0 Å². The fourth-order valence-electron chi connectivity index (χ4n) is 2.94. The van der Waals surface area contributed by atoms with E-state index >= 15 is 0 Å². The summed E-state index contributed by atoms with van der Waals surface area (Å²) < 4.78 is 0. The normalized spacial score (nSPS) is 14.4. The van der Waals surface area contributed by atoms with Gasteiger partial charge in [0.2, 0.25) is 17.7 Å². The maximum atomic E-state index is 12.6. The smallest absolute Gasteiger partial charge is 0.326 e. The first kappa shape index (κ1) is 31.2. The van der Waals surface area contributed by atoms with Crippen LogP contribution in [0.2, 0.25) is 0 Å². The number of nitrogens with one attached hydrogen (secondary N) is 3. The van der Waals surface area contributed by atoms with Crippen LogP contribution in [0.1, 0.15) is 51.4 Å². The summed E-state index contributed by atoms with van der Waals surface area (Å²) in [6, 6.07) is -5.07. The number of aliphatic hydroxyl groups excluding tert-OH is 1. The van der Waals surface area contributed by atoms with E-state index in [9.17, 15) is 34.2 Å². The third-order valence-corrected chi connectivity index (χ3v) is 4.96. The Hall–Kier alpha value is -2.81. The molecule has 0 saturated heterocycles. The molecule has 0 aromatic carbocycles. The molecule has 4 unspecified atom stereocenters. The number of unbranched alkanes of at least 4 members (excludes halogenated alkanes) is 2. The second kappa shape index (κ2) is 17.6. The topological polar surface area (TPSA) is 260 Å². The van der Waals surface area contributed by atoms with E-state index in [1.165, 1.54) is 0 Å². The van der Waals surface area contributed by atoms with E-state index in [0.717, 1.165) is 0 Å². The molecule has 4 atom stereocenters. The van der Waals surface area contributed by atoms with Crippen molar-refractivity contribution >= 4 is 29.7 Å². The molecule has 0 spiro atoms. The Morgan fingerprint density at radius 2 is 1.18 bits per heavy atom. The molecular weight excluding hydrogens is 452 g/mol. The molecule has 14 nitrogen and oxygen atoms in total. The van der Waals surface area contributed by atoms with E-state index in [0.29, 0.717) is 45.2 Å². The van der Waals surface area contributed by atoms with Gasteiger partial charge in [-0.25, -0.2) is 4.79 Å². The lowest BCUT2D eigenvalue weighted by Gasteiger charge is -2.24. The van der Waals surface area contributed by atoms with Crippen molar-refractivity contribution in [2.75, 3.05) is 19.7 Å². The largest absolute Gasteiger partial charge is 0.481 e. The quantitative estimate of drug-likeness (QED) is 0.0822. The van der Waals surface area contributed by atoms with Gasteiger partial charge in [0.15, 0.2) is 0 Å². The minimum atomic E-state index is -1.45. The van der Waals surface area contributed by atoms with E-state index < -0.39 is 66.9 Å². The predicted molar refractivity (Wildman–Crippen MR) is 121 cm³/mol. The van der Waals surface area contributed by atoms with Crippen molar-refractivity contribution in [3.05, 3.63) is 0 Å². The molecule has 0 aromatic heterocycles. The van der Waals surface area contributed by atoms with Crippen molar-refractivity contribution in [3.63, 3.8) is 0 Å². The fraction of sp³-hybridized carbons (Fsp3) is 0.750. The van der Waals surface area contributed by atoms with Crippen LogP contribution in [0.3, 0.4) is 0 Å².